The Morgan fingerprint density at radius 3 is 2.77 bits per heavy atom. The molecule has 0 N–H and O–H groups in total. The highest BCUT2D eigenvalue weighted by Crippen LogP contribution is 2.41. The van der Waals surface area contributed by atoms with Crippen molar-refractivity contribution in [2.24, 2.45) is 11.8 Å². The second kappa shape index (κ2) is 3.40. The summed E-state index contributed by atoms with van der Waals surface area (Å²) in [7, 11) is 1.58. The monoisotopic (exact) mass is 182 g/mol. The molecule has 1 aliphatic heterocycles. The SMILES string of the molecule is COC=C1OC(=O)C2CCCCC12. The second-order valence-electron chi connectivity index (χ2n) is 3.67. The Morgan fingerprint density at radius 1 is 1.38 bits per heavy atom. The van der Waals surface area contributed by atoms with Crippen LogP contribution in [-0.4, -0.2) is 13.1 Å². The third-order valence-corrected chi connectivity index (χ3v) is 2.89. The van der Waals surface area contributed by atoms with Crippen LogP contribution in [0.4, 0.5) is 0 Å². The number of cyclic esters (lactones) is 1. The van der Waals surface area contributed by atoms with Gasteiger partial charge in [0.05, 0.1) is 13.0 Å². The molecule has 0 radical (unpaired) electrons. The highest BCUT2D eigenvalue weighted by Gasteiger charge is 2.42. The quantitative estimate of drug-likeness (QED) is 0.458. The highest BCUT2D eigenvalue weighted by molar-refractivity contribution is 5.77. The molecule has 0 bridgehead atoms. The van der Waals surface area contributed by atoms with Gasteiger partial charge in [0.25, 0.3) is 0 Å². The minimum absolute atomic E-state index is 0.0620. The highest BCUT2D eigenvalue weighted by atomic mass is 16.6. The van der Waals surface area contributed by atoms with E-state index >= 15 is 0 Å². The molecule has 13 heavy (non-hydrogen) atoms. The summed E-state index contributed by atoms with van der Waals surface area (Å²) >= 11 is 0. The van der Waals surface area contributed by atoms with Gasteiger partial charge in [0.2, 0.25) is 0 Å². The van der Waals surface area contributed by atoms with Crippen LogP contribution >= 0.6 is 0 Å². The zero-order valence-electron chi connectivity index (χ0n) is 7.79. The van der Waals surface area contributed by atoms with E-state index in [2.05, 4.69) is 0 Å². The smallest absolute Gasteiger partial charge is 0.314 e. The Labute approximate surface area is 77.7 Å². The minimum atomic E-state index is -0.0620. The van der Waals surface area contributed by atoms with Gasteiger partial charge in [0.15, 0.2) is 0 Å². The van der Waals surface area contributed by atoms with Crippen LogP contribution in [0, 0.1) is 11.8 Å². The fourth-order valence-electron chi connectivity index (χ4n) is 2.25. The summed E-state index contributed by atoms with van der Waals surface area (Å²) in [5, 5.41) is 0. The maximum atomic E-state index is 11.4. The van der Waals surface area contributed by atoms with E-state index in [1.807, 2.05) is 0 Å². The molecule has 2 aliphatic rings. The Morgan fingerprint density at radius 2 is 2.08 bits per heavy atom. The van der Waals surface area contributed by atoms with Crippen LogP contribution in [0.5, 0.6) is 0 Å². The normalized spacial score (nSPS) is 35.8. The fraction of sp³-hybridized carbons (Fsp3) is 0.700. The molecule has 1 saturated heterocycles. The number of hydrogen-bond donors (Lipinski definition) is 0. The van der Waals surface area contributed by atoms with Crippen molar-refractivity contribution in [1.82, 2.24) is 0 Å². The largest absolute Gasteiger partial charge is 0.501 e. The number of esters is 1. The molecule has 2 atom stereocenters. The molecule has 3 heteroatoms. The van der Waals surface area contributed by atoms with Gasteiger partial charge < -0.3 is 9.47 Å². The number of rotatable bonds is 1. The van der Waals surface area contributed by atoms with Gasteiger partial charge in [-0.2, -0.15) is 0 Å². The van der Waals surface area contributed by atoms with Crippen molar-refractivity contribution < 1.29 is 14.3 Å². The third-order valence-electron chi connectivity index (χ3n) is 2.89. The van der Waals surface area contributed by atoms with Gasteiger partial charge in [0.1, 0.15) is 12.0 Å². The number of methoxy groups -OCH3 is 1. The zero-order valence-corrected chi connectivity index (χ0v) is 7.79. The van der Waals surface area contributed by atoms with E-state index in [-0.39, 0.29) is 11.9 Å². The number of ether oxygens (including phenoxy) is 2. The van der Waals surface area contributed by atoms with Crippen LogP contribution in [0.25, 0.3) is 0 Å². The first-order valence-corrected chi connectivity index (χ1v) is 4.77. The number of fused-ring (bicyclic) bond motifs is 1. The van der Waals surface area contributed by atoms with Crippen molar-refractivity contribution in [1.29, 1.82) is 0 Å². The summed E-state index contributed by atoms with van der Waals surface area (Å²) in [4.78, 5) is 11.4. The molecule has 1 heterocycles. The van der Waals surface area contributed by atoms with Gasteiger partial charge in [-0.05, 0) is 12.8 Å². The first kappa shape index (κ1) is 8.60. The third kappa shape index (κ3) is 1.43. The molecule has 0 amide bonds. The van der Waals surface area contributed by atoms with E-state index < -0.39 is 0 Å². The average Bonchev–Trinajstić information content (AvgIpc) is 2.46. The maximum Gasteiger partial charge on any atom is 0.314 e. The van der Waals surface area contributed by atoms with Gasteiger partial charge in [-0.15, -0.1) is 0 Å². The van der Waals surface area contributed by atoms with Crippen LogP contribution in [0.15, 0.2) is 12.0 Å². The lowest BCUT2D eigenvalue weighted by molar-refractivity contribution is -0.139. The van der Waals surface area contributed by atoms with Crippen LogP contribution < -0.4 is 0 Å². The second-order valence-corrected chi connectivity index (χ2v) is 3.67. The van der Waals surface area contributed by atoms with Crippen molar-refractivity contribution >= 4 is 5.97 Å². The summed E-state index contributed by atoms with van der Waals surface area (Å²) in [6.45, 7) is 0. The Hall–Kier alpha value is -0.990. The molecule has 3 nitrogen and oxygen atoms in total. The van der Waals surface area contributed by atoms with Gasteiger partial charge in [-0.3, -0.25) is 4.79 Å². The van der Waals surface area contributed by atoms with Crippen molar-refractivity contribution in [3.05, 3.63) is 12.0 Å². The molecule has 2 fully saturated rings. The van der Waals surface area contributed by atoms with Gasteiger partial charge >= 0.3 is 5.97 Å². The van der Waals surface area contributed by atoms with Crippen LogP contribution in [0.2, 0.25) is 0 Å². The van der Waals surface area contributed by atoms with Gasteiger partial charge in [-0.25, -0.2) is 0 Å². The van der Waals surface area contributed by atoms with Crippen molar-refractivity contribution in [3.63, 3.8) is 0 Å². The standard InChI is InChI=1S/C10H14O3/c1-12-6-9-7-4-2-3-5-8(7)10(11)13-9/h6-8H,2-5H2,1H3. The lowest BCUT2D eigenvalue weighted by Crippen LogP contribution is -2.19. The topological polar surface area (TPSA) is 35.5 Å². The molecule has 72 valence electrons. The van der Waals surface area contributed by atoms with Crippen LogP contribution in [0.1, 0.15) is 25.7 Å². The molecule has 0 aromatic carbocycles. The predicted octanol–water partition coefficient (Wildman–Crippen LogP) is 1.84. The number of allylic oxidation sites excluding steroid dienone is 1. The van der Waals surface area contributed by atoms with E-state index in [1.165, 1.54) is 6.42 Å². The van der Waals surface area contributed by atoms with E-state index in [9.17, 15) is 4.79 Å². The summed E-state index contributed by atoms with van der Waals surface area (Å²) in [6.07, 6.45) is 5.94. The number of hydrogen-bond acceptors (Lipinski definition) is 3. The van der Waals surface area contributed by atoms with Crippen molar-refractivity contribution in [3.8, 4) is 0 Å². The Kier molecular flexibility index (Phi) is 2.25. The maximum absolute atomic E-state index is 11.4. The van der Waals surface area contributed by atoms with Crippen LogP contribution in [0.3, 0.4) is 0 Å². The minimum Gasteiger partial charge on any atom is -0.501 e. The first-order valence-electron chi connectivity index (χ1n) is 4.77. The molecule has 0 spiro atoms. The van der Waals surface area contributed by atoms with Gasteiger partial charge in [-0.1, -0.05) is 12.8 Å². The van der Waals surface area contributed by atoms with Crippen LogP contribution in [-0.2, 0) is 14.3 Å². The first-order chi connectivity index (χ1) is 6.33. The molecule has 1 aliphatic carbocycles. The molecule has 0 aromatic rings. The molecular formula is C10H14O3. The molecule has 0 aromatic heterocycles. The van der Waals surface area contributed by atoms with Gasteiger partial charge in [0, 0.05) is 5.92 Å². The summed E-state index contributed by atoms with van der Waals surface area (Å²) in [5.41, 5.74) is 0. The zero-order chi connectivity index (χ0) is 9.26. The summed E-state index contributed by atoms with van der Waals surface area (Å²) in [6, 6.07) is 0. The van der Waals surface area contributed by atoms with Crippen molar-refractivity contribution in [2.45, 2.75) is 25.7 Å². The molecular weight excluding hydrogens is 168 g/mol. The molecule has 2 rings (SSSR count). The average molecular weight is 182 g/mol. The van der Waals surface area contributed by atoms with E-state index in [4.69, 9.17) is 9.47 Å². The Balaban J connectivity index is 2.17. The number of carbonyl (C=O) groups excluding carboxylic acids is 1. The molecule has 1 saturated carbocycles. The fourth-order valence-corrected chi connectivity index (χ4v) is 2.25. The van der Waals surface area contributed by atoms with Crippen molar-refractivity contribution in [2.75, 3.05) is 7.11 Å². The van der Waals surface area contributed by atoms with E-state index in [0.29, 0.717) is 5.92 Å². The Bertz CT molecular complexity index is 245. The summed E-state index contributed by atoms with van der Waals surface area (Å²) in [5.74, 6) is 1.07. The lowest BCUT2D eigenvalue weighted by Gasteiger charge is -2.20. The molecule has 2 unspecified atom stereocenters. The lowest BCUT2D eigenvalue weighted by atomic mass is 9.80. The summed E-state index contributed by atoms with van der Waals surface area (Å²) < 4.78 is 10.0. The number of carbonyl (C=O) groups is 1. The predicted molar refractivity (Wildman–Crippen MR) is 46.6 cm³/mol. The van der Waals surface area contributed by atoms with E-state index in [0.717, 1.165) is 25.0 Å². The van der Waals surface area contributed by atoms with E-state index in [1.54, 1.807) is 13.4 Å².